The van der Waals surface area contributed by atoms with Crippen LogP contribution < -0.4 is 10.6 Å². The first-order chi connectivity index (χ1) is 9.25. The van der Waals surface area contributed by atoms with Crippen LogP contribution in [0.2, 0.25) is 0 Å². The Labute approximate surface area is 121 Å². The normalized spacial score (nSPS) is 23.4. The molecular weight excluding hydrogens is 258 g/mol. The number of likely N-dealkylation sites (tertiary alicyclic amines) is 1. The maximum atomic E-state index is 11.8. The highest BCUT2D eigenvalue weighted by atomic mass is 32.2. The number of carbonyl (C=O) groups is 1. The minimum absolute atomic E-state index is 0.203. The van der Waals surface area contributed by atoms with Gasteiger partial charge in [0.05, 0.1) is 5.75 Å². The topological polar surface area (TPSA) is 44.4 Å². The summed E-state index contributed by atoms with van der Waals surface area (Å²) in [6, 6.07) is 0.482. The van der Waals surface area contributed by atoms with Crippen molar-refractivity contribution < 1.29 is 4.79 Å². The van der Waals surface area contributed by atoms with E-state index in [0.717, 1.165) is 19.6 Å². The minimum Gasteiger partial charge on any atom is -0.354 e. The van der Waals surface area contributed by atoms with E-state index < -0.39 is 0 Å². The number of thioether (sulfide) groups is 1. The summed E-state index contributed by atoms with van der Waals surface area (Å²) >= 11 is 1.82. The first-order valence-corrected chi connectivity index (χ1v) is 8.63. The van der Waals surface area contributed by atoms with E-state index in [9.17, 15) is 4.79 Å². The lowest BCUT2D eigenvalue weighted by Gasteiger charge is -2.24. The number of nitrogens with one attached hydrogen (secondary N) is 2. The summed E-state index contributed by atoms with van der Waals surface area (Å²) < 4.78 is 0. The fourth-order valence-electron chi connectivity index (χ4n) is 2.78. The molecule has 0 spiro atoms. The molecule has 2 N–H and O–H groups in total. The van der Waals surface area contributed by atoms with E-state index in [1.165, 1.54) is 38.8 Å². The van der Waals surface area contributed by atoms with Crippen molar-refractivity contribution in [1.29, 1.82) is 0 Å². The smallest absolute Gasteiger partial charge is 0.230 e. The van der Waals surface area contributed by atoms with Crippen molar-refractivity contribution in [3.63, 3.8) is 0 Å². The van der Waals surface area contributed by atoms with Crippen molar-refractivity contribution in [2.75, 3.05) is 38.5 Å². The number of carbonyl (C=O) groups excluding carboxylic acids is 1. The molecule has 0 saturated carbocycles. The molecule has 0 bridgehead atoms. The third-order valence-electron chi connectivity index (χ3n) is 4.09. The number of nitrogens with zero attached hydrogens (tertiary/aromatic N) is 1. The Kier molecular flexibility index (Phi) is 6.47. The van der Waals surface area contributed by atoms with Crippen molar-refractivity contribution in [3.8, 4) is 0 Å². The minimum atomic E-state index is 0.203. The van der Waals surface area contributed by atoms with Gasteiger partial charge in [-0.3, -0.25) is 9.69 Å². The van der Waals surface area contributed by atoms with Crippen LogP contribution in [0.3, 0.4) is 0 Å². The second-order valence-corrected chi connectivity index (χ2v) is 6.95. The highest BCUT2D eigenvalue weighted by Crippen LogP contribution is 2.19. The molecule has 2 saturated heterocycles. The van der Waals surface area contributed by atoms with Gasteiger partial charge in [-0.2, -0.15) is 0 Å². The Morgan fingerprint density at radius 3 is 2.74 bits per heavy atom. The van der Waals surface area contributed by atoms with Crippen LogP contribution in [0, 0.1) is 0 Å². The molecule has 2 fully saturated rings. The molecule has 110 valence electrons. The summed E-state index contributed by atoms with van der Waals surface area (Å²) in [5.74, 6) is 0.826. The van der Waals surface area contributed by atoms with Crippen molar-refractivity contribution >= 4 is 17.7 Å². The fraction of sp³-hybridized carbons (Fsp3) is 0.929. The van der Waals surface area contributed by atoms with Gasteiger partial charge in [0.15, 0.2) is 0 Å². The zero-order valence-corrected chi connectivity index (χ0v) is 12.8. The van der Waals surface area contributed by atoms with E-state index in [1.807, 2.05) is 11.8 Å². The maximum Gasteiger partial charge on any atom is 0.230 e. The van der Waals surface area contributed by atoms with Crippen LogP contribution in [0.5, 0.6) is 0 Å². The Hall–Kier alpha value is -0.260. The van der Waals surface area contributed by atoms with Gasteiger partial charge in [0.25, 0.3) is 0 Å². The lowest BCUT2D eigenvalue weighted by molar-refractivity contribution is -0.118. The molecular formula is C14H27N3OS. The average molecular weight is 285 g/mol. The zero-order valence-electron chi connectivity index (χ0n) is 12.0. The largest absolute Gasteiger partial charge is 0.354 e. The van der Waals surface area contributed by atoms with Crippen LogP contribution in [0.1, 0.15) is 32.6 Å². The quantitative estimate of drug-likeness (QED) is 0.766. The summed E-state index contributed by atoms with van der Waals surface area (Å²) in [5.41, 5.74) is 0. The molecule has 2 heterocycles. The van der Waals surface area contributed by atoms with Crippen LogP contribution in [-0.2, 0) is 4.79 Å². The highest BCUT2D eigenvalue weighted by Gasteiger charge is 2.19. The van der Waals surface area contributed by atoms with Crippen LogP contribution in [0.15, 0.2) is 0 Å². The van der Waals surface area contributed by atoms with Crippen LogP contribution in [0.4, 0.5) is 0 Å². The van der Waals surface area contributed by atoms with Crippen LogP contribution >= 0.6 is 11.8 Å². The van der Waals surface area contributed by atoms with Gasteiger partial charge in [-0.05, 0) is 58.8 Å². The number of piperidine rings is 1. The Morgan fingerprint density at radius 1 is 1.37 bits per heavy atom. The van der Waals surface area contributed by atoms with E-state index in [4.69, 9.17) is 0 Å². The lowest BCUT2D eigenvalue weighted by atomic mass is 10.2. The Bertz CT molecular complexity index is 276. The van der Waals surface area contributed by atoms with Crippen molar-refractivity contribution in [3.05, 3.63) is 0 Å². The number of amides is 1. The van der Waals surface area contributed by atoms with Gasteiger partial charge in [0, 0.05) is 17.8 Å². The van der Waals surface area contributed by atoms with Crippen molar-refractivity contribution in [1.82, 2.24) is 15.5 Å². The molecule has 4 nitrogen and oxygen atoms in total. The van der Waals surface area contributed by atoms with Crippen LogP contribution in [0.25, 0.3) is 0 Å². The molecule has 0 aromatic rings. The van der Waals surface area contributed by atoms with Gasteiger partial charge in [-0.1, -0.05) is 0 Å². The summed E-state index contributed by atoms with van der Waals surface area (Å²) in [4.78, 5) is 14.3. The third kappa shape index (κ3) is 5.32. The number of rotatable bonds is 6. The predicted octanol–water partition coefficient (Wildman–Crippen LogP) is 1.07. The van der Waals surface area contributed by atoms with Gasteiger partial charge in [-0.25, -0.2) is 0 Å². The van der Waals surface area contributed by atoms with E-state index in [-0.39, 0.29) is 5.91 Å². The molecule has 19 heavy (non-hydrogen) atoms. The standard InChI is InChI=1S/C14H27N3OS/c1-12(17-8-2-3-9-17)10-16-14(18)11-19-13-4-6-15-7-5-13/h12-13,15H,2-11H2,1H3,(H,16,18). The number of hydrogen-bond donors (Lipinski definition) is 2. The second kappa shape index (κ2) is 8.12. The van der Waals surface area contributed by atoms with Gasteiger partial charge in [0.2, 0.25) is 5.91 Å². The van der Waals surface area contributed by atoms with Gasteiger partial charge >= 0.3 is 0 Å². The number of hydrogen-bond acceptors (Lipinski definition) is 4. The molecule has 5 heteroatoms. The van der Waals surface area contributed by atoms with Crippen molar-refractivity contribution in [2.45, 2.75) is 43.9 Å². The van der Waals surface area contributed by atoms with Crippen molar-refractivity contribution in [2.24, 2.45) is 0 Å². The predicted molar refractivity (Wildman–Crippen MR) is 81.6 cm³/mol. The molecule has 1 amide bonds. The summed E-state index contributed by atoms with van der Waals surface area (Å²) in [6.45, 7) is 7.61. The lowest BCUT2D eigenvalue weighted by Crippen LogP contribution is -2.41. The second-order valence-electron chi connectivity index (χ2n) is 5.66. The zero-order chi connectivity index (χ0) is 13.5. The van der Waals surface area contributed by atoms with Crippen LogP contribution in [-0.4, -0.2) is 60.6 Å². The molecule has 0 radical (unpaired) electrons. The van der Waals surface area contributed by atoms with E-state index in [0.29, 0.717) is 17.0 Å². The van der Waals surface area contributed by atoms with Gasteiger partial charge < -0.3 is 10.6 Å². The molecule has 1 atom stereocenters. The molecule has 0 aliphatic carbocycles. The van der Waals surface area contributed by atoms with E-state index in [2.05, 4.69) is 22.5 Å². The summed E-state index contributed by atoms with van der Waals surface area (Å²) in [5, 5.41) is 7.11. The molecule has 2 rings (SSSR count). The fourth-order valence-corrected chi connectivity index (χ4v) is 3.84. The molecule has 1 unspecified atom stereocenters. The first-order valence-electron chi connectivity index (χ1n) is 7.59. The van der Waals surface area contributed by atoms with Gasteiger partial charge in [-0.15, -0.1) is 11.8 Å². The van der Waals surface area contributed by atoms with E-state index >= 15 is 0 Å². The Balaban J connectivity index is 1.55. The average Bonchev–Trinajstić information content (AvgIpc) is 2.98. The van der Waals surface area contributed by atoms with E-state index in [1.54, 1.807) is 0 Å². The monoisotopic (exact) mass is 285 g/mol. The van der Waals surface area contributed by atoms with Gasteiger partial charge in [0.1, 0.15) is 0 Å². The molecule has 0 aromatic heterocycles. The third-order valence-corrected chi connectivity index (χ3v) is 5.47. The Morgan fingerprint density at radius 2 is 2.05 bits per heavy atom. The molecule has 2 aliphatic heterocycles. The summed E-state index contributed by atoms with van der Waals surface area (Å²) in [6.07, 6.45) is 5.01. The first kappa shape index (κ1) is 15.1. The molecule has 2 aliphatic rings. The SMILES string of the molecule is CC(CNC(=O)CSC1CCNCC1)N1CCCC1. The highest BCUT2D eigenvalue weighted by molar-refractivity contribution is 8.00. The molecule has 0 aromatic carbocycles. The summed E-state index contributed by atoms with van der Waals surface area (Å²) in [7, 11) is 0. The maximum absolute atomic E-state index is 11.8.